The number of para-hydroxylation sites is 1. The zero-order chi connectivity index (χ0) is 25.7. The van der Waals surface area contributed by atoms with Gasteiger partial charge in [-0.05, 0) is 99.7 Å². The number of hydrogen-bond donors (Lipinski definition) is 2. The number of aryl methyl sites for hydroxylation is 1. The van der Waals surface area contributed by atoms with E-state index in [1.165, 1.54) is 66.5 Å². The van der Waals surface area contributed by atoms with E-state index in [0.717, 1.165) is 60.6 Å². The fourth-order valence-electron chi connectivity index (χ4n) is 7.75. The molecule has 9 heteroatoms. The van der Waals surface area contributed by atoms with E-state index >= 15 is 0 Å². The van der Waals surface area contributed by atoms with Crippen molar-refractivity contribution in [1.29, 1.82) is 0 Å². The fraction of sp³-hybridized carbons (Fsp3) is 0.517. The molecule has 38 heavy (non-hydrogen) atoms. The summed E-state index contributed by atoms with van der Waals surface area (Å²) in [5.41, 5.74) is 2.48. The Kier molecular flexibility index (Phi) is 6.31. The molecular weight excluding hydrogens is 516 g/mol. The van der Waals surface area contributed by atoms with Crippen LogP contribution in [0.15, 0.2) is 40.0 Å². The van der Waals surface area contributed by atoms with Crippen LogP contribution < -0.4 is 10.6 Å². The molecule has 5 aliphatic rings. The highest BCUT2D eigenvalue weighted by molar-refractivity contribution is 7.99. The first-order valence-electron chi connectivity index (χ1n) is 13.8. The molecule has 4 saturated carbocycles. The van der Waals surface area contributed by atoms with Crippen molar-refractivity contribution in [3.8, 4) is 0 Å². The fourth-order valence-corrected chi connectivity index (χ4v) is 9.62. The smallest absolute Gasteiger partial charge is 0.277 e. The van der Waals surface area contributed by atoms with Gasteiger partial charge in [0.2, 0.25) is 11.8 Å². The third-order valence-electron chi connectivity index (χ3n) is 8.91. The summed E-state index contributed by atoms with van der Waals surface area (Å²) in [4.78, 5) is 27.5. The Hall–Kier alpha value is -2.65. The van der Waals surface area contributed by atoms with Crippen LogP contribution in [0.4, 0.5) is 10.7 Å². The molecule has 4 fully saturated rings. The second-order valence-electron chi connectivity index (χ2n) is 11.6. The topological polar surface area (TPSA) is 97.1 Å². The van der Waals surface area contributed by atoms with Crippen LogP contribution in [0.25, 0.3) is 0 Å². The number of aromatic nitrogens is 2. The van der Waals surface area contributed by atoms with Crippen LogP contribution in [0.1, 0.15) is 78.1 Å². The van der Waals surface area contributed by atoms with Crippen molar-refractivity contribution in [3.63, 3.8) is 0 Å². The summed E-state index contributed by atoms with van der Waals surface area (Å²) in [6, 6.07) is 9.44. The third kappa shape index (κ3) is 4.57. The van der Waals surface area contributed by atoms with E-state index in [-0.39, 0.29) is 23.0 Å². The minimum absolute atomic E-state index is 0.0554. The Labute approximate surface area is 230 Å². The predicted octanol–water partition coefficient (Wildman–Crippen LogP) is 6.46. The molecule has 5 aliphatic carbocycles. The molecule has 0 saturated heterocycles. The van der Waals surface area contributed by atoms with Gasteiger partial charge in [0.05, 0.1) is 11.3 Å². The Balaban J connectivity index is 1.03. The Bertz CT molecular complexity index is 1330. The Morgan fingerprint density at radius 2 is 1.68 bits per heavy atom. The van der Waals surface area contributed by atoms with Crippen molar-refractivity contribution >= 4 is 45.6 Å². The lowest BCUT2D eigenvalue weighted by Gasteiger charge is -2.55. The number of carbonyl (C=O) groups excluding carboxylic acids is 2. The van der Waals surface area contributed by atoms with E-state index in [9.17, 15) is 9.59 Å². The molecule has 4 bridgehead atoms. The second-order valence-corrected chi connectivity index (χ2v) is 13.7. The summed E-state index contributed by atoms with van der Waals surface area (Å²) in [6.07, 6.45) is 11.6. The highest BCUT2D eigenvalue weighted by Gasteiger charge is 2.54. The van der Waals surface area contributed by atoms with Crippen LogP contribution in [0.5, 0.6) is 0 Å². The van der Waals surface area contributed by atoms with Gasteiger partial charge in [-0.25, -0.2) is 0 Å². The lowest BCUT2D eigenvalue weighted by atomic mass is 9.49. The number of nitrogens with one attached hydrogen (secondary N) is 2. The average molecular weight is 549 g/mol. The predicted molar refractivity (Wildman–Crippen MR) is 149 cm³/mol. The van der Waals surface area contributed by atoms with E-state index in [0.29, 0.717) is 15.8 Å². The highest BCUT2D eigenvalue weighted by atomic mass is 32.2. The van der Waals surface area contributed by atoms with Crippen molar-refractivity contribution in [3.05, 3.63) is 52.2 Å². The number of anilines is 2. The number of hydrogen-bond acceptors (Lipinski definition) is 7. The van der Waals surface area contributed by atoms with Gasteiger partial charge < -0.3 is 15.1 Å². The first-order chi connectivity index (χ1) is 18.5. The van der Waals surface area contributed by atoms with E-state index in [1.54, 1.807) is 0 Å². The molecule has 2 N–H and O–H groups in total. The molecule has 8 rings (SSSR count). The van der Waals surface area contributed by atoms with Crippen LogP contribution in [0, 0.1) is 17.8 Å². The Morgan fingerprint density at radius 3 is 2.42 bits per heavy atom. The highest BCUT2D eigenvalue weighted by Crippen LogP contribution is 2.60. The molecule has 0 radical (unpaired) electrons. The first kappa shape index (κ1) is 24.4. The van der Waals surface area contributed by atoms with Crippen LogP contribution >= 0.6 is 23.1 Å². The maximum Gasteiger partial charge on any atom is 0.277 e. The van der Waals surface area contributed by atoms with Gasteiger partial charge in [-0.1, -0.05) is 30.0 Å². The summed E-state index contributed by atoms with van der Waals surface area (Å²) in [5, 5.41) is 15.9. The molecule has 7 nitrogen and oxygen atoms in total. The van der Waals surface area contributed by atoms with Crippen molar-refractivity contribution in [2.24, 2.45) is 17.8 Å². The zero-order valence-corrected chi connectivity index (χ0v) is 23.0. The minimum atomic E-state index is -0.171. The molecule has 1 aromatic carbocycles. The molecule has 0 spiro atoms. The first-order valence-corrected chi connectivity index (χ1v) is 15.6. The average Bonchev–Trinajstić information content (AvgIpc) is 3.52. The number of thiophene rings is 1. The molecule has 0 aliphatic heterocycles. The van der Waals surface area contributed by atoms with Crippen LogP contribution in [-0.4, -0.2) is 27.8 Å². The molecular formula is C29H32N4O3S2. The molecule has 2 heterocycles. The number of fused-ring (bicyclic) bond motifs is 1. The van der Waals surface area contributed by atoms with Crippen molar-refractivity contribution < 1.29 is 14.0 Å². The van der Waals surface area contributed by atoms with Gasteiger partial charge >= 0.3 is 0 Å². The summed E-state index contributed by atoms with van der Waals surface area (Å²) in [6.45, 7) is 0. The maximum absolute atomic E-state index is 13.3. The zero-order valence-electron chi connectivity index (χ0n) is 21.3. The maximum atomic E-state index is 13.3. The molecule has 2 aromatic heterocycles. The van der Waals surface area contributed by atoms with Gasteiger partial charge in [-0.3, -0.25) is 9.59 Å². The number of amides is 2. The number of thioether (sulfide) groups is 1. The molecule has 2 amide bonds. The van der Waals surface area contributed by atoms with Crippen LogP contribution in [0.2, 0.25) is 0 Å². The van der Waals surface area contributed by atoms with E-state index in [1.807, 2.05) is 30.3 Å². The minimum Gasteiger partial charge on any atom is -0.415 e. The SMILES string of the molecule is O=C(CSc1nnc(C23CC4CC(CC(C4)C2)C3)o1)Nc1sc2c(c1C(=O)Nc1ccccc1)CCCC2. The van der Waals surface area contributed by atoms with Gasteiger partial charge in [-0.15, -0.1) is 21.5 Å². The lowest BCUT2D eigenvalue weighted by molar-refractivity contribution is -0.113. The summed E-state index contributed by atoms with van der Waals surface area (Å²) in [5.74, 6) is 3.02. The van der Waals surface area contributed by atoms with Gasteiger partial charge in [0, 0.05) is 16.0 Å². The van der Waals surface area contributed by atoms with E-state index in [4.69, 9.17) is 4.42 Å². The molecule has 3 aromatic rings. The molecule has 198 valence electrons. The van der Waals surface area contributed by atoms with Crippen LogP contribution in [0.3, 0.4) is 0 Å². The molecule has 0 atom stereocenters. The van der Waals surface area contributed by atoms with Crippen molar-refractivity contribution in [2.45, 2.75) is 74.8 Å². The number of benzene rings is 1. The number of nitrogens with zero attached hydrogens (tertiary/aromatic N) is 2. The summed E-state index contributed by atoms with van der Waals surface area (Å²) < 4.78 is 6.16. The molecule has 0 unspecified atom stereocenters. The number of carbonyl (C=O) groups is 2. The normalized spacial score (nSPS) is 27.2. The van der Waals surface area contributed by atoms with E-state index in [2.05, 4.69) is 20.8 Å². The van der Waals surface area contributed by atoms with Gasteiger partial charge in [0.25, 0.3) is 11.1 Å². The standard InChI is InChI=1S/C29H32N4O3S2/c34-23(16-37-28-33-32-27(36-28)29-13-17-10-18(14-29)12-19(11-17)15-29)31-26-24(21-8-4-5-9-22(21)38-26)25(35)30-20-6-2-1-3-7-20/h1-3,6-7,17-19H,4-5,8-16H2,(H,30,35)(H,31,34). The summed E-state index contributed by atoms with van der Waals surface area (Å²) >= 11 is 2.81. The van der Waals surface area contributed by atoms with Crippen molar-refractivity contribution in [2.75, 3.05) is 16.4 Å². The second kappa shape index (κ2) is 9.83. The van der Waals surface area contributed by atoms with Crippen molar-refractivity contribution in [1.82, 2.24) is 10.2 Å². The lowest BCUT2D eigenvalue weighted by Crippen LogP contribution is -2.48. The largest absolute Gasteiger partial charge is 0.415 e. The number of rotatable bonds is 7. The van der Waals surface area contributed by atoms with Gasteiger partial charge in [-0.2, -0.15) is 0 Å². The quantitative estimate of drug-likeness (QED) is 0.329. The third-order valence-corrected chi connectivity index (χ3v) is 10.9. The van der Waals surface area contributed by atoms with E-state index < -0.39 is 0 Å². The Morgan fingerprint density at radius 1 is 0.974 bits per heavy atom. The monoisotopic (exact) mass is 548 g/mol. The van der Waals surface area contributed by atoms with Gasteiger partial charge in [0.1, 0.15) is 5.00 Å². The summed E-state index contributed by atoms with van der Waals surface area (Å²) in [7, 11) is 0. The van der Waals surface area contributed by atoms with Crippen LogP contribution in [-0.2, 0) is 23.1 Å². The van der Waals surface area contributed by atoms with Gasteiger partial charge in [0.15, 0.2) is 0 Å².